The Bertz CT molecular complexity index is 297. The molecule has 1 atom stereocenters. The lowest BCUT2D eigenvalue weighted by Gasteiger charge is -2.12. The van der Waals surface area contributed by atoms with Gasteiger partial charge in [-0.05, 0) is 31.0 Å². The van der Waals surface area contributed by atoms with Crippen molar-refractivity contribution >= 4 is 11.6 Å². The SMILES string of the molecule is CC(CCCl)NCc1cc(F)cc(F)c1. The third-order valence-corrected chi connectivity index (χ3v) is 2.34. The van der Waals surface area contributed by atoms with E-state index in [1.165, 1.54) is 12.1 Å². The molecule has 0 aliphatic rings. The van der Waals surface area contributed by atoms with E-state index in [4.69, 9.17) is 11.6 Å². The highest BCUT2D eigenvalue weighted by Crippen LogP contribution is 2.08. The van der Waals surface area contributed by atoms with Crippen molar-refractivity contribution in [2.45, 2.75) is 25.9 Å². The second kappa shape index (κ2) is 6.03. The van der Waals surface area contributed by atoms with Gasteiger partial charge in [0.1, 0.15) is 11.6 Å². The molecule has 0 aromatic heterocycles. The maximum Gasteiger partial charge on any atom is 0.126 e. The Morgan fingerprint density at radius 1 is 1.27 bits per heavy atom. The molecular weight excluding hydrogens is 220 g/mol. The molecule has 0 saturated heterocycles. The summed E-state index contributed by atoms with van der Waals surface area (Å²) >= 11 is 5.57. The largest absolute Gasteiger partial charge is 0.310 e. The van der Waals surface area contributed by atoms with Crippen LogP contribution < -0.4 is 5.32 Å². The van der Waals surface area contributed by atoms with Crippen LogP contribution in [0.4, 0.5) is 8.78 Å². The Labute approximate surface area is 93.4 Å². The first-order chi connectivity index (χ1) is 7.11. The first-order valence-electron chi connectivity index (χ1n) is 4.86. The predicted octanol–water partition coefficient (Wildman–Crippen LogP) is 3.07. The summed E-state index contributed by atoms with van der Waals surface area (Å²) < 4.78 is 25.6. The summed E-state index contributed by atoms with van der Waals surface area (Å²) in [5, 5.41) is 3.14. The van der Waals surface area contributed by atoms with Crippen molar-refractivity contribution in [3.63, 3.8) is 0 Å². The summed E-state index contributed by atoms with van der Waals surface area (Å²) in [5.41, 5.74) is 0.605. The van der Waals surface area contributed by atoms with Gasteiger partial charge in [-0.1, -0.05) is 0 Å². The molecule has 1 N–H and O–H groups in total. The third kappa shape index (κ3) is 4.58. The average molecular weight is 234 g/mol. The van der Waals surface area contributed by atoms with E-state index in [1.807, 2.05) is 6.92 Å². The summed E-state index contributed by atoms with van der Waals surface area (Å²) in [6.45, 7) is 2.44. The van der Waals surface area contributed by atoms with Gasteiger partial charge in [0.15, 0.2) is 0 Å². The highest BCUT2D eigenvalue weighted by Gasteiger charge is 2.03. The number of halogens is 3. The second-order valence-corrected chi connectivity index (χ2v) is 3.92. The lowest BCUT2D eigenvalue weighted by molar-refractivity contribution is 0.528. The molecule has 1 nitrogen and oxygen atoms in total. The van der Waals surface area contributed by atoms with Crippen LogP contribution >= 0.6 is 11.6 Å². The fourth-order valence-electron chi connectivity index (χ4n) is 1.27. The molecule has 0 radical (unpaired) electrons. The van der Waals surface area contributed by atoms with Crippen LogP contribution in [-0.2, 0) is 6.54 Å². The fourth-order valence-corrected chi connectivity index (χ4v) is 1.60. The van der Waals surface area contributed by atoms with Crippen LogP contribution in [0.15, 0.2) is 18.2 Å². The Morgan fingerprint density at radius 3 is 2.40 bits per heavy atom. The first-order valence-corrected chi connectivity index (χ1v) is 5.39. The van der Waals surface area contributed by atoms with Gasteiger partial charge in [-0.25, -0.2) is 8.78 Å². The zero-order valence-corrected chi connectivity index (χ0v) is 9.32. The number of benzene rings is 1. The quantitative estimate of drug-likeness (QED) is 0.771. The molecule has 0 spiro atoms. The topological polar surface area (TPSA) is 12.0 Å². The minimum atomic E-state index is -0.545. The Kier molecular flexibility index (Phi) is 4.99. The van der Waals surface area contributed by atoms with Gasteiger partial charge in [-0.2, -0.15) is 0 Å². The minimum Gasteiger partial charge on any atom is -0.310 e. The highest BCUT2D eigenvalue weighted by atomic mass is 35.5. The van der Waals surface area contributed by atoms with Crippen molar-refractivity contribution in [2.24, 2.45) is 0 Å². The van der Waals surface area contributed by atoms with E-state index < -0.39 is 11.6 Å². The van der Waals surface area contributed by atoms with Crippen LogP contribution in [0.1, 0.15) is 18.9 Å². The third-order valence-electron chi connectivity index (χ3n) is 2.12. The lowest BCUT2D eigenvalue weighted by atomic mass is 10.2. The minimum absolute atomic E-state index is 0.244. The summed E-state index contributed by atoms with van der Waals surface area (Å²) in [6.07, 6.45) is 0.833. The van der Waals surface area contributed by atoms with Crippen molar-refractivity contribution in [3.8, 4) is 0 Å². The van der Waals surface area contributed by atoms with E-state index in [1.54, 1.807) is 0 Å². The van der Waals surface area contributed by atoms with Crippen LogP contribution in [0.3, 0.4) is 0 Å². The van der Waals surface area contributed by atoms with Gasteiger partial charge in [-0.3, -0.25) is 0 Å². The summed E-state index contributed by atoms with van der Waals surface area (Å²) in [5.74, 6) is -0.514. The molecule has 15 heavy (non-hydrogen) atoms. The molecule has 4 heteroatoms. The Hall–Kier alpha value is -0.670. The average Bonchev–Trinajstić information content (AvgIpc) is 2.14. The molecule has 0 heterocycles. The van der Waals surface area contributed by atoms with Crippen molar-refractivity contribution in [1.29, 1.82) is 0 Å². The van der Waals surface area contributed by atoms with Gasteiger partial charge in [-0.15, -0.1) is 11.6 Å². The number of alkyl halides is 1. The van der Waals surface area contributed by atoms with Crippen molar-refractivity contribution in [3.05, 3.63) is 35.4 Å². The molecule has 1 unspecified atom stereocenters. The molecule has 0 fully saturated rings. The summed E-state index contributed by atoms with van der Waals surface area (Å²) in [7, 11) is 0. The zero-order chi connectivity index (χ0) is 11.3. The van der Waals surface area contributed by atoms with Crippen LogP contribution in [0.25, 0.3) is 0 Å². The molecule has 0 amide bonds. The molecule has 0 aliphatic heterocycles. The lowest BCUT2D eigenvalue weighted by Crippen LogP contribution is -2.25. The van der Waals surface area contributed by atoms with Crippen molar-refractivity contribution in [2.75, 3.05) is 5.88 Å². The van der Waals surface area contributed by atoms with Gasteiger partial charge >= 0.3 is 0 Å². The smallest absolute Gasteiger partial charge is 0.126 e. The van der Waals surface area contributed by atoms with Gasteiger partial charge in [0, 0.05) is 24.5 Å². The van der Waals surface area contributed by atoms with Crippen LogP contribution in [0.5, 0.6) is 0 Å². The van der Waals surface area contributed by atoms with Gasteiger partial charge in [0.25, 0.3) is 0 Å². The molecule has 0 bridgehead atoms. The van der Waals surface area contributed by atoms with Gasteiger partial charge in [0.2, 0.25) is 0 Å². The fraction of sp³-hybridized carbons (Fsp3) is 0.455. The number of rotatable bonds is 5. The first kappa shape index (κ1) is 12.4. The summed E-state index contributed by atoms with van der Waals surface area (Å²) in [6, 6.07) is 3.76. The van der Waals surface area contributed by atoms with E-state index in [-0.39, 0.29) is 6.04 Å². The highest BCUT2D eigenvalue weighted by molar-refractivity contribution is 6.17. The van der Waals surface area contributed by atoms with Crippen LogP contribution in [-0.4, -0.2) is 11.9 Å². The van der Waals surface area contributed by atoms with Gasteiger partial charge < -0.3 is 5.32 Å². The number of hydrogen-bond acceptors (Lipinski definition) is 1. The second-order valence-electron chi connectivity index (χ2n) is 3.54. The van der Waals surface area contributed by atoms with Crippen LogP contribution in [0.2, 0.25) is 0 Å². The summed E-state index contributed by atoms with van der Waals surface area (Å²) in [4.78, 5) is 0. The van der Waals surface area contributed by atoms with Crippen molar-refractivity contribution < 1.29 is 8.78 Å². The predicted molar refractivity (Wildman–Crippen MR) is 58.0 cm³/mol. The molecule has 84 valence electrons. The maximum absolute atomic E-state index is 12.8. The van der Waals surface area contributed by atoms with E-state index >= 15 is 0 Å². The number of hydrogen-bond donors (Lipinski definition) is 1. The molecule has 1 aromatic rings. The van der Waals surface area contributed by atoms with E-state index in [2.05, 4.69) is 5.32 Å². The molecule has 0 aliphatic carbocycles. The van der Waals surface area contributed by atoms with Gasteiger partial charge in [0.05, 0.1) is 0 Å². The molecule has 1 rings (SSSR count). The maximum atomic E-state index is 12.8. The number of nitrogens with one attached hydrogen (secondary N) is 1. The monoisotopic (exact) mass is 233 g/mol. The normalized spacial score (nSPS) is 12.8. The van der Waals surface area contributed by atoms with E-state index in [0.29, 0.717) is 18.0 Å². The zero-order valence-electron chi connectivity index (χ0n) is 8.56. The molecular formula is C11H14ClF2N. The Balaban J connectivity index is 2.50. The van der Waals surface area contributed by atoms with Crippen molar-refractivity contribution in [1.82, 2.24) is 5.32 Å². The van der Waals surface area contributed by atoms with E-state index in [9.17, 15) is 8.78 Å². The molecule has 1 aromatic carbocycles. The Morgan fingerprint density at radius 2 is 1.87 bits per heavy atom. The molecule has 0 saturated carbocycles. The standard InChI is InChI=1S/C11H14ClF2N/c1-8(2-3-12)15-7-9-4-10(13)6-11(14)5-9/h4-6,8,15H,2-3,7H2,1H3. The van der Waals surface area contributed by atoms with E-state index in [0.717, 1.165) is 12.5 Å². The van der Waals surface area contributed by atoms with Crippen LogP contribution in [0, 0.1) is 11.6 Å².